The molecule has 0 nitrogen and oxygen atoms in total. The van der Waals surface area contributed by atoms with Crippen LogP contribution in [0.15, 0.2) is 48.5 Å². The van der Waals surface area contributed by atoms with E-state index in [-0.39, 0.29) is 0 Å². The third-order valence-electron chi connectivity index (χ3n) is 5.05. The fraction of sp³-hybridized carbons (Fsp3) is 0.364. The molecule has 0 fully saturated rings. The summed E-state index contributed by atoms with van der Waals surface area (Å²) in [5.41, 5.74) is 6.51. The maximum absolute atomic E-state index is 3.86. The zero-order valence-corrected chi connectivity index (χ0v) is 18.6. The zero-order chi connectivity index (χ0) is 17.6. The van der Waals surface area contributed by atoms with Crippen LogP contribution in [-0.2, 0) is 0 Å². The third kappa shape index (κ3) is 4.66. The van der Waals surface area contributed by atoms with Gasteiger partial charge in [0.1, 0.15) is 0 Å². The molecule has 24 heavy (non-hydrogen) atoms. The SMILES string of the molecule is CC[Si](C#C[As](c1ccc(C)cc1)c1ccc(C)cc1)(CC)CC. The van der Waals surface area contributed by atoms with Gasteiger partial charge in [0.15, 0.2) is 0 Å². The van der Waals surface area contributed by atoms with Crippen LogP contribution in [0.5, 0.6) is 0 Å². The Kier molecular flexibility index (Phi) is 6.96. The van der Waals surface area contributed by atoms with Gasteiger partial charge in [-0.15, -0.1) is 0 Å². The first-order valence-corrected chi connectivity index (χ1v) is 14.4. The van der Waals surface area contributed by atoms with Crippen molar-refractivity contribution in [1.29, 1.82) is 0 Å². The number of aryl methyl sites for hydroxylation is 2. The summed E-state index contributed by atoms with van der Waals surface area (Å²) in [6, 6.07) is 22.0. The molecule has 2 aromatic rings. The molecule has 0 aliphatic heterocycles. The van der Waals surface area contributed by atoms with Crippen molar-refractivity contribution in [3.63, 3.8) is 0 Å². The second-order valence-electron chi connectivity index (χ2n) is 6.58. The van der Waals surface area contributed by atoms with Crippen molar-refractivity contribution in [3.05, 3.63) is 59.7 Å². The van der Waals surface area contributed by atoms with Crippen LogP contribution in [0, 0.1) is 24.1 Å². The number of rotatable bonds is 5. The van der Waals surface area contributed by atoms with E-state index in [0.717, 1.165) is 0 Å². The normalized spacial score (nSPS) is 11.2. The minimum atomic E-state index is -1.54. The zero-order valence-electron chi connectivity index (χ0n) is 15.7. The van der Waals surface area contributed by atoms with Crippen LogP contribution in [-0.4, -0.2) is 22.7 Å². The predicted octanol–water partition coefficient (Wildman–Crippen LogP) is 4.50. The van der Waals surface area contributed by atoms with E-state index in [1.807, 2.05) is 0 Å². The molecule has 2 heteroatoms. The summed E-state index contributed by atoms with van der Waals surface area (Å²) in [7, 11) is -1.39. The molecular formula is C22H29AsSi. The quantitative estimate of drug-likeness (QED) is 0.516. The number of hydrogen-bond acceptors (Lipinski definition) is 0. The predicted molar refractivity (Wildman–Crippen MR) is 112 cm³/mol. The molecule has 0 spiro atoms. The first kappa shape index (κ1) is 19.1. The fourth-order valence-electron chi connectivity index (χ4n) is 2.86. The molecule has 126 valence electrons. The van der Waals surface area contributed by atoms with Crippen molar-refractivity contribution in [2.24, 2.45) is 0 Å². The van der Waals surface area contributed by atoms with Crippen molar-refractivity contribution < 1.29 is 0 Å². The van der Waals surface area contributed by atoms with Crippen LogP contribution in [0.25, 0.3) is 0 Å². The summed E-state index contributed by atoms with van der Waals surface area (Å²) in [6.07, 6.45) is 0. The Balaban J connectivity index is 2.48. The van der Waals surface area contributed by atoms with E-state index in [4.69, 9.17) is 0 Å². The molecule has 2 aromatic carbocycles. The fourth-order valence-corrected chi connectivity index (χ4v) is 10.5. The Morgan fingerprint density at radius 3 is 1.42 bits per heavy atom. The second kappa shape index (κ2) is 8.75. The van der Waals surface area contributed by atoms with Crippen LogP contribution >= 0.6 is 0 Å². The van der Waals surface area contributed by atoms with Crippen molar-refractivity contribution in [1.82, 2.24) is 0 Å². The van der Waals surface area contributed by atoms with Gasteiger partial charge in [0.25, 0.3) is 0 Å². The molecule has 0 saturated heterocycles. The van der Waals surface area contributed by atoms with E-state index in [1.165, 1.54) is 38.0 Å². The van der Waals surface area contributed by atoms with Gasteiger partial charge < -0.3 is 0 Å². The van der Waals surface area contributed by atoms with Gasteiger partial charge in [-0.2, -0.15) is 0 Å². The summed E-state index contributed by atoms with van der Waals surface area (Å²) < 4.78 is 6.75. The van der Waals surface area contributed by atoms with Crippen LogP contribution in [0.2, 0.25) is 18.1 Å². The summed E-state index contributed by atoms with van der Waals surface area (Å²) in [6.45, 7) is 11.3. The van der Waals surface area contributed by atoms with E-state index in [9.17, 15) is 0 Å². The van der Waals surface area contributed by atoms with Crippen molar-refractivity contribution in [3.8, 4) is 10.3 Å². The van der Waals surface area contributed by atoms with E-state index in [2.05, 4.69) is 93.4 Å². The van der Waals surface area contributed by atoms with E-state index < -0.39 is 22.7 Å². The molecule has 0 bridgehead atoms. The summed E-state index contributed by atoms with van der Waals surface area (Å²) in [5, 5.41) is 0. The average Bonchev–Trinajstić information content (AvgIpc) is 2.62. The van der Waals surface area contributed by atoms with Crippen molar-refractivity contribution in [2.45, 2.75) is 52.8 Å². The molecule has 0 atom stereocenters. The van der Waals surface area contributed by atoms with Gasteiger partial charge in [0.05, 0.1) is 0 Å². The molecule has 0 aliphatic rings. The second-order valence-corrected chi connectivity index (χ2v) is 15.6. The number of benzene rings is 2. The topological polar surface area (TPSA) is 0 Å². The van der Waals surface area contributed by atoms with Gasteiger partial charge in [-0.25, -0.2) is 0 Å². The standard InChI is InChI=1S/C22H29AsSi/c1-6-24(7-2,8-3)18-17-23(21-13-9-19(4)10-14-21)22-15-11-20(5)12-16-22/h9-16H,6-8H2,1-5H3. The Morgan fingerprint density at radius 1 is 0.708 bits per heavy atom. The van der Waals surface area contributed by atoms with Crippen LogP contribution in [0.3, 0.4) is 0 Å². The maximum atomic E-state index is 3.86. The Labute approximate surface area is 154 Å². The minimum absolute atomic E-state index is 1.27. The summed E-state index contributed by atoms with van der Waals surface area (Å²) >= 11 is -1.54. The molecule has 0 aliphatic carbocycles. The molecule has 0 unspecified atom stereocenters. The van der Waals surface area contributed by atoms with Gasteiger partial charge in [0.2, 0.25) is 0 Å². The monoisotopic (exact) mass is 396 g/mol. The van der Waals surface area contributed by atoms with Gasteiger partial charge >= 0.3 is 154 Å². The van der Waals surface area contributed by atoms with Crippen LogP contribution in [0.4, 0.5) is 0 Å². The molecule has 0 amide bonds. The van der Waals surface area contributed by atoms with Crippen LogP contribution in [0.1, 0.15) is 31.9 Å². The number of hydrogen-bond donors (Lipinski definition) is 0. The van der Waals surface area contributed by atoms with Gasteiger partial charge in [0, 0.05) is 0 Å². The van der Waals surface area contributed by atoms with E-state index in [1.54, 1.807) is 0 Å². The Bertz CT molecular complexity index is 647. The average molecular weight is 396 g/mol. The molecule has 0 heterocycles. The first-order chi connectivity index (χ1) is 11.5. The van der Waals surface area contributed by atoms with Crippen LogP contribution < -0.4 is 8.70 Å². The Hall–Kier alpha value is -1.22. The molecule has 0 saturated carbocycles. The molecule has 0 radical (unpaired) electrons. The van der Waals surface area contributed by atoms with Crippen molar-refractivity contribution in [2.75, 3.05) is 0 Å². The molecule has 0 N–H and O–H groups in total. The molecular weight excluding hydrogens is 367 g/mol. The first-order valence-electron chi connectivity index (χ1n) is 9.00. The summed E-state index contributed by atoms with van der Waals surface area (Å²) in [4.78, 5) is 0. The van der Waals surface area contributed by atoms with Crippen molar-refractivity contribution >= 4 is 31.4 Å². The molecule has 0 aromatic heterocycles. The Morgan fingerprint density at radius 2 is 1.08 bits per heavy atom. The van der Waals surface area contributed by atoms with Gasteiger partial charge in [-0.3, -0.25) is 0 Å². The van der Waals surface area contributed by atoms with E-state index >= 15 is 0 Å². The van der Waals surface area contributed by atoms with E-state index in [0.29, 0.717) is 0 Å². The van der Waals surface area contributed by atoms with Gasteiger partial charge in [-0.05, 0) is 0 Å². The third-order valence-corrected chi connectivity index (χ3v) is 14.3. The van der Waals surface area contributed by atoms with Gasteiger partial charge in [-0.1, -0.05) is 0 Å². The molecule has 2 rings (SSSR count). The summed E-state index contributed by atoms with van der Waals surface area (Å²) in [5.74, 6) is 0.